The van der Waals surface area contributed by atoms with Gasteiger partial charge in [0.05, 0.1) is 6.10 Å². The van der Waals surface area contributed by atoms with Crippen LogP contribution >= 0.6 is 0 Å². The topological polar surface area (TPSA) is 57.5 Å². The summed E-state index contributed by atoms with van der Waals surface area (Å²) in [4.78, 5) is 12.3. The Kier molecular flexibility index (Phi) is 3.96. The molecule has 0 aromatic heterocycles. The first kappa shape index (κ1) is 16.8. The molecule has 24 heavy (non-hydrogen) atoms. The number of fused-ring (bicyclic) bond motifs is 5. The van der Waals surface area contributed by atoms with E-state index >= 15 is 0 Å². The number of Topliss-reactive ketones (excluding diaryl/α,β-unsaturated/α-hetero) is 1. The van der Waals surface area contributed by atoms with E-state index < -0.39 is 0 Å². The van der Waals surface area contributed by atoms with Crippen molar-refractivity contribution in [2.24, 2.45) is 34.5 Å². The van der Waals surface area contributed by atoms with Gasteiger partial charge < -0.3 is 10.2 Å². The molecule has 0 bridgehead atoms. The maximum atomic E-state index is 12.3. The Bertz CT molecular complexity index is 567. The van der Waals surface area contributed by atoms with Gasteiger partial charge in [0, 0.05) is 5.92 Å². The smallest absolute Gasteiger partial charge is 0.161 e. The fraction of sp³-hybridized carbons (Fsp3) is 0.857. The van der Waals surface area contributed by atoms with E-state index in [1.54, 1.807) is 0 Å². The highest BCUT2D eigenvalue weighted by Crippen LogP contribution is 2.66. The van der Waals surface area contributed by atoms with Crippen LogP contribution in [0.4, 0.5) is 0 Å². The first-order valence-corrected chi connectivity index (χ1v) is 9.91. The number of aliphatic hydroxyl groups is 2. The van der Waals surface area contributed by atoms with Gasteiger partial charge in [0.25, 0.3) is 0 Å². The Labute approximate surface area is 145 Å². The molecule has 0 saturated heterocycles. The maximum absolute atomic E-state index is 12.3. The molecular weight excluding hydrogens is 300 g/mol. The third-order valence-electron chi connectivity index (χ3n) is 8.62. The van der Waals surface area contributed by atoms with Gasteiger partial charge in [0.1, 0.15) is 6.61 Å². The lowest BCUT2D eigenvalue weighted by Gasteiger charge is -2.57. The predicted octanol–water partition coefficient (Wildman–Crippen LogP) is 3.49. The molecule has 4 rings (SSSR count). The van der Waals surface area contributed by atoms with Gasteiger partial charge >= 0.3 is 0 Å². The molecule has 2 N–H and O–H groups in total. The average molecular weight is 332 g/mol. The third-order valence-corrected chi connectivity index (χ3v) is 8.62. The van der Waals surface area contributed by atoms with Crippen LogP contribution in [0.1, 0.15) is 65.2 Å². The average Bonchev–Trinajstić information content (AvgIpc) is 2.92. The second-order valence-electron chi connectivity index (χ2n) is 9.45. The van der Waals surface area contributed by atoms with Crippen LogP contribution in [0.15, 0.2) is 11.6 Å². The van der Waals surface area contributed by atoms with Crippen LogP contribution in [0.2, 0.25) is 0 Å². The highest BCUT2D eigenvalue weighted by molar-refractivity contribution is 5.83. The van der Waals surface area contributed by atoms with E-state index in [1.807, 2.05) is 0 Å². The summed E-state index contributed by atoms with van der Waals surface area (Å²) in [6, 6.07) is 0. The molecule has 0 spiro atoms. The monoisotopic (exact) mass is 332 g/mol. The van der Waals surface area contributed by atoms with Crippen LogP contribution < -0.4 is 0 Å². The van der Waals surface area contributed by atoms with Crippen molar-refractivity contribution in [3.63, 3.8) is 0 Å². The summed E-state index contributed by atoms with van der Waals surface area (Å²) in [5, 5.41) is 19.4. The quantitative estimate of drug-likeness (QED) is 0.761. The molecule has 7 atom stereocenters. The normalized spacial score (nSPS) is 50.5. The molecule has 4 aliphatic carbocycles. The molecule has 4 aliphatic rings. The molecular formula is C21H32O3. The lowest BCUT2D eigenvalue weighted by atomic mass is 9.47. The van der Waals surface area contributed by atoms with Crippen LogP contribution in [0.25, 0.3) is 0 Å². The Morgan fingerprint density at radius 3 is 2.71 bits per heavy atom. The molecule has 0 radical (unpaired) electrons. The molecule has 3 saturated carbocycles. The zero-order valence-electron chi connectivity index (χ0n) is 15.1. The summed E-state index contributed by atoms with van der Waals surface area (Å²) in [6.45, 7) is 4.47. The fourth-order valence-electron chi connectivity index (χ4n) is 7.28. The summed E-state index contributed by atoms with van der Waals surface area (Å²) >= 11 is 0. The van der Waals surface area contributed by atoms with E-state index in [0.29, 0.717) is 17.8 Å². The van der Waals surface area contributed by atoms with Crippen LogP contribution in [0.3, 0.4) is 0 Å². The number of ketones is 1. The van der Waals surface area contributed by atoms with E-state index in [4.69, 9.17) is 0 Å². The second-order valence-corrected chi connectivity index (χ2v) is 9.45. The molecule has 0 unspecified atom stereocenters. The third kappa shape index (κ3) is 2.20. The van der Waals surface area contributed by atoms with E-state index in [2.05, 4.69) is 19.9 Å². The number of rotatable bonds is 2. The molecule has 0 aromatic rings. The van der Waals surface area contributed by atoms with Crippen LogP contribution in [0.5, 0.6) is 0 Å². The fourth-order valence-corrected chi connectivity index (χ4v) is 7.28. The van der Waals surface area contributed by atoms with E-state index in [0.717, 1.165) is 44.9 Å². The van der Waals surface area contributed by atoms with Gasteiger partial charge in [-0.2, -0.15) is 0 Å². The van der Waals surface area contributed by atoms with Crippen LogP contribution in [-0.2, 0) is 4.79 Å². The number of aliphatic hydroxyl groups excluding tert-OH is 2. The van der Waals surface area contributed by atoms with Crippen molar-refractivity contribution in [3.05, 3.63) is 11.6 Å². The minimum absolute atomic E-state index is 0.0671. The number of allylic oxidation sites excluding steroid dienone is 1. The van der Waals surface area contributed by atoms with E-state index in [1.165, 1.54) is 12.0 Å². The summed E-state index contributed by atoms with van der Waals surface area (Å²) < 4.78 is 0. The van der Waals surface area contributed by atoms with Crippen molar-refractivity contribution < 1.29 is 15.0 Å². The molecule has 0 aromatic carbocycles. The van der Waals surface area contributed by atoms with Crippen LogP contribution in [0, 0.1) is 34.5 Å². The second kappa shape index (κ2) is 5.67. The number of carbonyl (C=O) groups is 1. The summed E-state index contributed by atoms with van der Waals surface area (Å²) in [6.07, 6.45) is 10.8. The molecule has 0 heterocycles. The lowest BCUT2D eigenvalue weighted by molar-refractivity contribution is -0.132. The van der Waals surface area contributed by atoms with Gasteiger partial charge in [-0.3, -0.25) is 4.79 Å². The van der Waals surface area contributed by atoms with Gasteiger partial charge in [-0.1, -0.05) is 25.5 Å². The molecule has 3 nitrogen and oxygen atoms in total. The Hall–Kier alpha value is -0.670. The Balaban J connectivity index is 1.64. The van der Waals surface area contributed by atoms with Gasteiger partial charge in [0.15, 0.2) is 5.78 Å². The number of carbonyl (C=O) groups excluding carboxylic acids is 1. The SMILES string of the molecule is C[C@]12CC[C@@H]3[C@H](CC=C4C[C@H](O)CC[C@@]43C)[C@@H]1CC[C@H]2C(=O)CO. The van der Waals surface area contributed by atoms with Crippen LogP contribution in [-0.4, -0.2) is 28.7 Å². The molecule has 0 amide bonds. The Morgan fingerprint density at radius 2 is 1.96 bits per heavy atom. The molecule has 3 heteroatoms. The van der Waals surface area contributed by atoms with Gasteiger partial charge in [0.2, 0.25) is 0 Å². The summed E-state index contributed by atoms with van der Waals surface area (Å²) in [7, 11) is 0. The number of hydrogen-bond donors (Lipinski definition) is 2. The van der Waals surface area contributed by atoms with Crippen molar-refractivity contribution >= 4 is 5.78 Å². The molecule has 134 valence electrons. The zero-order valence-corrected chi connectivity index (χ0v) is 15.1. The maximum Gasteiger partial charge on any atom is 0.161 e. The first-order valence-electron chi connectivity index (χ1n) is 9.91. The minimum atomic E-state index is -0.291. The van der Waals surface area contributed by atoms with E-state index in [9.17, 15) is 15.0 Å². The van der Waals surface area contributed by atoms with Crippen molar-refractivity contribution in [2.75, 3.05) is 6.61 Å². The van der Waals surface area contributed by atoms with Crippen molar-refractivity contribution in [3.8, 4) is 0 Å². The largest absolute Gasteiger partial charge is 0.393 e. The van der Waals surface area contributed by atoms with Gasteiger partial charge in [-0.05, 0) is 80.0 Å². The van der Waals surface area contributed by atoms with E-state index in [-0.39, 0.29) is 35.2 Å². The lowest BCUT2D eigenvalue weighted by Crippen LogP contribution is -2.51. The summed E-state index contributed by atoms with van der Waals surface area (Å²) in [5.74, 6) is 2.16. The highest BCUT2D eigenvalue weighted by Gasteiger charge is 2.59. The highest BCUT2D eigenvalue weighted by atomic mass is 16.3. The zero-order chi connectivity index (χ0) is 17.1. The van der Waals surface area contributed by atoms with Crippen molar-refractivity contribution in [2.45, 2.75) is 71.3 Å². The van der Waals surface area contributed by atoms with Crippen molar-refractivity contribution in [1.29, 1.82) is 0 Å². The first-order chi connectivity index (χ1) is 11.4. The standard InChI is InChI=1S/C21H32O3/c1-20-9-7-14(23)11-13(20)3-4-15-16-5-6-18(19(24)12-22)21(16,2)10-8-17(15)20/h3,14-18,22-23H,4-12H2,1-2H3/t14-,15-,16+,17-,18+,20+,21+/m1/s1. The predicted molar refractivity (Wildman–Crippen MR) is 93.3 cm³/mol. The molecule has 3 fully saturated rings. The van der Waals surface area contributed by atoms with Crippen molar-refractivity contribution in [1.82, 2.24) is 0 Å². The van der Waals surface area contributed by atoms with Gasteiger partial charge in [-0.25, -0.2) is 0 Å². The number of hydrogen-bond acceptors (Lipinski definition) is 3. The minimum Gasteiger partial charge on any atom is -0.393 e. The van der Waals surface area contributed by atoms with Gasteiger partial charge in [-0.15, -0.1) is 0 Å². The summed E-state index contributed by atoms with van der Waals surface area (Å²) in [5.41, 5.74) is 1.87. The molecule has 0 aliphatic heterocycles. The Morgan fingerprint density at radius 1 is 1.17 bits per heavy atom.